The third kappa shape index (κ3) is 5.33. The number of rotatable bonds is 7. The van der Waals surface area contributed by atoms with Crippen LogP contribution in [0.4, 0.5) is 0 Å². The summed E-state index contributed by atoms with van der Waals surface area (Å²) in [5.74, 6) is 0.564. The maximum absolute atomic E-state index is 13.8. The molecule has 0 aromatic carbocycles. The highest BCUT2D eigenvalue weighted by Gasteiger charge is 2.40. The van der Waals surface area contributed by atoms with Crippen molar-refractivity contribution in [3.05, 3.63) is 33.7 Å². The largest absolute Gasteiger partial charge is 0.372 e. The fourth-order valence-electron chi connectivity index (χ4n) is 5.91. The molecule has 0 bridgehead atoms. The zero-order valence-electron chi connectivity index (χ0n) is 21.5. The molecule has 0 aromatic heterocycles. The highest BCUT2D eigenvalue weighted by atomic mass is 32.2. The zero-order valence-corrected chi connectivity index (χ0v) is 23.1. The third-order valence-corrected chi connectivity index (χ3v) is 11.2. The minimum atomic E-state index is -3.68. The smallest absolute Gasteiger partial charge is 0.244 e. The summed E-state index contributed by atoms with van der Waals surface area (Å²) in [6.07, 6.45) is 15.7. The summed E-state index contributed by atoms with van der Waals surface area (Å²) in [4.78, 5) is 14.0. The van der Waals surface area contributed by atoms with E-state index in [0.29, 0.717) is 24.7 Å². The highest BCUT2D eigenvalue weighted by molar-refractivity contribution is 8.04. The van der Waals surface area contributed by atoms with E-state index in [9.17, 15) is 8.42 Å². The molecule has 3 aliphatic heterocycles. The molecule has 5 rings (SSSR count). The van der Waals surface area contributed by atoms with E-state index in [1.807, 2.05) is 0 Å². The number of nitrogens with zero attached hydrogens (tertiary/aromatic N) is 4. The Hall–Kier alpha value is -1.62. The SMILES string of the molecule is C/C=C(\C1=NONC1C(C)SC1=CCCC2CCCN=C12)S(=O)(=O)N1CCN(C2=CCCCC2)CC1. The Labute approximate surface area is 220 Å². The van der Waals surface area contributed by atoms with Crippen LogP contribution in [0, 0.1) is 5.92 Å². The van der Waals surface area contributed by atoms with Gasteiger partial charge >= 0.3 is 0 Å². The van der Waals surface area contributed by atoms with E-state index in [-0.39, 0.29) is 16.2 Å². The second-order valence-corrected chi connectivity index (χ2v) is 13.5. The predicted molar refractivity (Wildman–Crippen MR) is 147 cm³/mol. The number of hydrogen-bond donors (Lipinski definition) is 1. The molecule has 10 heteroatoms. The van der Waals surface area contributed by atoms with Crippen LogP contribution in [0.3, 0.4) is 0 Å². The first-order chi connectivity index (χ1) is 17.5. The van der Waals surface area contributed by atoms with E-state index in [0.717, 1.165) is 38.9 Å². The Morgan fingerprint density at radius 3 is 2.75 bits per heavy atom. The fraction of sp³-hybridized carbons (Fsp3) is 0.692. The van der Waals surface area contributed by atoms with Crippen LogP contribution >= 0.6 is 11.8 Å². The Balaban J connectivity index is 1.26. The Morgan fingerprint density at radius 2 is 2.00 bits per heavy atom. The first-order valence-corrected chi connectivity index (χ1v) is 15.8. The third-order valence-electron chi connectivity index (χ3n) is 7.92. The minimum Gasteiger partial charge on any atom is -0.372 e. The van der Waals surface area contributed by atoms with Crippen LogP contribution in [0.25, 0.3) is 0 Å². The van der Waals surface area contributed by atoms with Crippen LogP contribution in [-0.2, 0) is 15.0 Å². The molecule has 1 N–H and O–H groups in total. The maximum atomic E-state index is 13.8. The topological polar surface area (TPSA) is 86.6 Å². The number of allylic oxidation sites excluding steroid dienone is 5. The summed E-state index contributed by atoms with van der Waals surface area (Å²) in [5, 5.41) is 4.21. The van der Waals surface area contributed by atoms with Crippen molar-refractivity contribution < 1.29 is 13.4 Å². The van der Waals surface area contributed by atoms with E-state index < -0.39 is 10.0 Å². The molecular formula is C26H39N5O3S2. The monoisotopic (exact) mass is 533 g/mol. The molecule has 0 amide bonds. The quantitative estimate of drug-likeness (QED) is 0.528. The first-order valence-electron chi connectivity index (χ1n) is 13.5. The van der Waals surface area contributed by atoms with Crippen molar-refractivity contribution in [2.75, 3.05) is 32.7 Å². The molecule has 198 valence electrons. The second kappa shape index (κ2) is 11.4. The van der Waals surface area contributed by atoms with Crippen molar-refractivity contribution in [2.24, 2.45) is 16.1 Å². The number of aliphatic imine (C=N–C) groups is 1. The number of nitrogens with one attached hydrogen (secondary N) is 1. The molecule has 8 nitrogen and oxygen atoms in total. The normalized spacial score (nSPS) is 28.9. The number of sulfonamides is 1. The Bertz CT molecular complexity index is 1090. The average molecular weight is 534 g/mol. The van der Waals surface area contributed by atoms with Crippen LogP contribution < -0.4 is 5.48 Å². The number of hydrogen-bond acceptors (Lipinski definition) is 8. The Kier molecular flexibility index (Phi) is 8.24. The van der Waals surface area contributed by atoms with Crippen molar-refractivity contribution in [2.45, 2.75) is 76.5 Å². The van der Waals surface area contributed by atoms with Gasteiger partial charge in [-0.2, -0.15) is 4.31 Å². The van der Waals surface area contributed by atoms with Gasteiger partial charge in [-0.25, -0.2) is 8.42 Å². The predicted octanol–water partition coefficient (Wildman–Crippen LogP) is 4.21. The fourth-order valence-corrected chi connectivity index (χ4v) is 8.85. The van der Waals surface area contributed by atoms with Gasteiger partial charge in [0.1, 0.15) is 16.7 Å². The van der Waals surface area contributed by atoms with Gasteiger partial charge in [0, 0.05) is 54.5 Å². The minimum absolute atomic E-state index is 0.0288. The lowest BCUT2D eigenvalue weighted by Crippen LogP contribution is -2.50. The summed E-state index contributed by atoms with van der Waals surface area (Å²) in [7, 11) is -3.68. The molecule has 0 saturated carbocycles. The van der Waals surface area contributed by atoms with E-state index in [1.165, 1.54) is 48.4 Å². The van der Waals surface area contributed by atoms with Gasteiger partial charge in [-0.3, -0.25) is 9.93 Å². The first kappa shape index (κ1) is 26.0. The summed E-state index contributed by atoms with van der Waals surface area (Å²) in [5.41, 5.74) is 6.07. The van der Waals surface area contributed by atoms with Gasteiger partial charge < -0.3 is 4.90 Å². The second-order valence-electron chi connectivity index (χ2n) is 10.2. The van der Waals surface area contributed by atoms with Crippen molar-refractivity contribution in [3.8, 4) is 0 Å². The van der Waals surface area contributed by atoms with Gasteiger partial charge in [0.15, 0.2) is 0 Å². The number of fused-ring (bicyclic) bond motifs is 1. The van der Waals surface area contributed by atoms with Crippen LogP contribution in [0.15, 0.2) is 43.9 Å². The van der Waals surface area contributed by atoms with Crippen molar-refractivity contribution in [1.29, 1.82) is 0 Å². The number of oxime groups is 1. The van der Waals surface area contributed by atoms with Gasteiger partial charge in [0.25, 0.3) is 0 Å². The molecule has 3 unspecified atom stereocenters. The van der Waals surface area contributed by atoms with Gasteiger partial charge in [-0.05, 0) is 58.3 Å². The van der Waals surface area contributed by atoms with Gasteiger partial charge in [-0.1, -0.05) is 30.3 Å². The summed E-state index contributed by atoms with van der Waals surface area (Å²) >= 11 is 1.76. The molecule has 36 heavy (non-hydrogen) atoms. The lowest BCUT2D eigenvalue weighted by molar-refractivity contribution is 0.0603. The molecule has 1 saturated heterocycles. The number of hydroxylamine groups is 1. The van der Waals surface area contributed by atoms with E-state index in [1.54, 1.807) is 29.1 Å². The van der Waals surface area contributed by atoms with E-state index >= 15 is 0 Å². The summed E-state index contributed by atoms with van der Waals surface area (Å²) in [6.45, 7) is 7.23. The lowest BCUT2D eigenvalue weighted by Gasteiger charge is -2.38. The van der Waals surface area contributed by atoms with Crippen molar-refractivity contribution in [3.63, 3.8) is 0 Å². The number of piperazine rings is 1. The maximum Gasteiger partial charge on any atom is 0.244 e. The van der Waals surface area contributed by atoms with Gasteiger partial charge in [-0.15, -0.1) is 17.2 Å². The average Bonchev–Trinajstić information content (AvgIpc) is 3.39. The molecular weight excluding hydrogens is 494 g/mol. The van der Waals surface area contributed by atoms with E-state index in [4.69, 9.17) is 9.93 Å². The zero-order chi connectivity index (χ0) is 25.1. The lowest BCUT2D eigenvalue weighted by atomic mass is 9.86. The van der Waals surface area contributed by atoms with Crippen molar-refractivity contribution in [1.82, 2.24) is 14.7 Å². The van der Waals surface area contributed by atoms with Gasteiger partial charge in [0.2, 0.25) is 10.0 Å². The standard InChI is InChI=1S/C26H39N5O3S2/c1-3-23(36(32,33)31-17-15-30(16-18-31)21-11-5-4-6-12-21)26-24(28-34-29-26)19(2)35-22-13-7-9-20-10-8-14-27-25(20)22/h3,11,13,19-20,24,28H,4-10,12,14-18H2,1-2H3/b23-3+. The Morgan fingerprint density at radius 1 is 1.17 bits per heavy atom. The summed E-state index contributed by atoms with van der Waals surface area (Å²) in [6, 6.07) is -0.324. The molecule has 2 aliphatic carbocycles. The van der Waals surface area contributed by atoms with Crippen LogP contribution in [0.1, 0.15) is 65.2 Å². The highest BCUT2D eigenvalue weighted by Crippen LogP contribution is 2.38. The van der Waals surface area contributed by atoms with Crippen LogP contribution in [0.2, 0.25) is 0 Å². The van der Waals surface area contributed by atoms with Gasteiger partial charge in [0.05, 0.1) is 5.71 Å². The van der Waals surface area contributed by atoms with E-state index in [2.05, 4.69) is 34.6 Å². The molecule has 0 radical (unpaired) electrons. The number of thioether (sulfide) groups is 1. The summed E-state index contributed by atoms with van der Waals surface area (Å²) < 4.78 is 29.1. The molecule has 0 aromatic rings. The van der Waals surface area contributed by atoms with Crippen molar-refractivity contribution >= 4 is 33.2 Å². The molecule has 3 heterocycles. The molecule has 3 atom stereocenters. The van der Waals surface area contributed by atoms with Crippen LogP contribution in [-0.4, -0.2) is 73.1 Å². The molecule has 0 spiro atoms. The molecule has 5 aliphatic rings. The van der Waals surface area contributed by atoms with Crippen LogP contribution in [0.5, 0.6) is 0 Å². The molecule has 1 fully saturated rings.